The average Bonchev–Trinajstić information content (AvgIpc) is 3.34. The maximum atomic E-state index is 7.26. The SMILES string of the molecule is c1ccc(N2c3cccc4c3B(c3ccc5c(c32)Oc2cccc3c2B5c2ccccc2O3)c2ccc3c(c2N4c2ccccc2)Oc2cccc4c2B3c2ccccc2O4)cc1. The molecule has 63 heavy (non-hydrogen) atoms. The number of nitrogens with zero attached hydrogens (tertiary/aromatic N) is 2. The van der Waals surface area contributed by atoms with E-state index in [0.29, 0.717) is 0 Å². The molecule has 0 saturated carbocycles. The molecule has 0 amide bonds. The van der Waals surface area contributed by atoms with Crippen LogP contribution in [-0.4, -0.2) is 20.1 Å². The quantitative estimate of drug-likeness (QED) is 0.172. The summed E-state index contributed by atoms with van der Waals surface area (Å²) in [6, 6.07) is 66.8. The highest BCUT2D eigenvalue weighted by atomic mass is 16.5. The van der Waals surface area contributed by atoms with E-state index in [4.69, 9.17) is 18.9 Å². The molecule has 0 radical (unpaired) electrons. The maximum Gasteiger partial charge on any atom is 0.260 e. The highest BCUT2D eigenvalue weighted by molar-refractivity contribution is 7.02. The van der Waals surface area contributed by atoms with Crippen molar-refractivity contribution in [2.24, 2.45) is 0 Å². The number of para-hydroxylation sites is 4. The molecule has 0 saturated heterocycles. The van der Waals surface area contributed by atoms with Gasteiger partial charge in [-0.25, -0.2) is 0 Å². The van der Waals surface area contributed by atoms with Crippen molar-refractivity contribution in [1.82, 2.24) is 0 Å². The van der Waals surface area contributed by atoms with Crippen LogP contribution in [0.15, 0.2) is 188 Å². The Balaban J connectivity index is 1.04. The number of hydrogen-bond donors (Lipinski definition) is 0. The molecular weight excluding hydrogens is 773 g/mol. The standard InChI is InChI=1S/C54H31B3N2O4/c1-3-14-32(15-4-1)58-40-20-11-21-41-48(40)57(36-28-30-38-53(51(36)58)62-46-26-12-24-44-49(46)55(38)34-18-7-9-22-42(34)60-44)37-29-31-39-54(52(37)59(41)33-16-5-2-6-17-33)63-47-27-13-25-45-50(47)56(39)35-19-8-10-23-43(35)61-45/h1-31H. The molecule has 0 bridgehead atoms. The van der Waals surface area contributed by atoms with Crippen molar-refractivity contribution < 1.29 is 18.9 Å². The summed E-state index contributed by atoms with van der Waals surface area (Å²) in [7, 11) is 0. The van der Waals surface area contributed by atoms with Gasteiger partial charge in [0.2, 0.25) is 0 Å². The van der Waals surface area contributed by atoms with Crippen molar-refractivity contribution >= 4 is 103 Å². The van der Waals surface area contributed by atoms with Gasteiger partial charge in [-0.2, -0.15) is 0 Å². The lowest BCUT2D eigenvalue weighted by Crippen LogP contribution is -2.64. The fraction of sp³-hybridized carbons (Fsp3) is 0. The minimum atomic E-state index is -0.159. The summed E-state index contributed by atoms with van der Waals surface area (Å²) in [5.41, 5.74) is 16.6. The van der Waals surface area contributed by atoms with Gasteiger partial charge in [0.25, 0.3) is 20.1 Å². The topological polar surface area (TPSA) is 43.4 Å². The summed E-state index contributed by atoms with van der Waals surface area (Å²) in [5, 5.41) is 0. The Kier molecular flexibility index (Phi) is 6.57. The third-order valence-corrected chi connectivity index (χ3v) is 13.9. The molecule has 9 heteroatoms. The zero-order valence-electron chi connectivity index (χ0n) is 33.7. The van der Waals surface area contributed by atoms with Gasteiger partial charge in [-0.05, 0) is 111 Å². The van der Waals surface area contributed by atoms with Crippen LogP contribution in [0, 0.1) is 0 Å². The first-order valence-corrected chi connectivity index (χ1v) is 21.6. The molecule has 0 unspecified atom stereocenters. The third-order valence-electron chi connectivity index (χ3n) is 13.9. The molecule has 6 heterocycles. The normalized spacial score (nSPS) is 14.4. The van der Waals surface area contributed by atoms with Gasteiger partial charge in [0, 0.05) is 33.7 Å². The molecule has 0 spiro atoms. The van der Waals surface area contributed by atoms with Crippen molar-refractivity contribution in [1.29, 1.82) is 0 Å². The Morgan fingerprint density at radius 2 is 0.635 bits per heavy atom. The minimum Gasteiger partial charge on any atom is -0.458 e. The molecule has 290 valence electrons. The number of hydrogen-bond acceptors (Lipinski definition) is 6. The van der Waals surface area contributed by atoms with Gasteiger partial charge >= 0.3 is 0 Å². The Hall–Kier alpha value is -8.03. The lowest BCUT2D eigenvalue weighted by Gasteiger charge is -2.46. The van der Waals surface area contributed by atoms with E-state index in [9.17, 15) is 0 Å². The van der Waals surface area contributed by atoms with Crippen molar-refractivity contribution in [3.63, 3.8) is 0 Å². The largest absolute Gasteiger partial charge is 0.458 e. The van der Waals surface area contributed by atoms with Gasteiger partial charge < -0.3 is 28.7 Å². The van der Waals surface area contributed by atoms with Crippen LogP contribution in [0.25, 0.3) is 0 Å². The first kappa shape index (κ1) is 33.7. The van der Waals surface area contributed by atoms with E-state index >= 15 is 0 Å². The molecule has 0 fully saturated rings. The van der Waals surface area contributed by atoms with Crippen LogP contribution in [0.2, 0.25) is 0 Å². The Bertz CT molecular complexity index is 3250. The lowest BCUT2D eigenvalue weighted by molar-refractivity contribution is 0.465. The Morgan fingerprint density at radius 3 is 1.11 bits per heavy atom. The molecule has 0 aromatic heterocycles. The van der Waals surface area contributed by atoms with E-state index in [-0.39, 0.29) is 20.1 Å². The highest BCUT2D eigenvalue weighted by Crippen LogP contribution is 2.50. The molecule has 6 nitrogen and oxygen atoms in total. The smallest absolute Gasteiger partial charge is 0.260 e. The van der Waals surface area contributed by atoms with Gasteiger partial charge in [0.15, 0.2) is 0 Å². The van der Waals surface area contributed by atoms with Crippen LogP contribution >= 0.6 is 0 Å². The first-order valence-electron chi connectivity index (χ1n) is 21.6. The zero-order chi connectivity index (χ0) is 40.9. The molecule has 9 aromatic rings. The van der Waals surface area contributed by atoms with Crippen molar-refractivity contribution in [3.8, 4) is 46.0 Å². The summed E-state index contributed by atoms with van der Waals surface area (Å²) in [4.78, 5) is 4.87. The molecule has 0 atom stereocenters. The van der Waals surface area contributed by atoms with E-state index in [1.54, 1.807) is 0 Å². The van der Waals surface area contributed by atoms with Crippen LogP contribution in [0.5, 0.6) is 46.0 Å². The third kappa shape index (κ3) is 4.40. The number of benzene rings is 9. The second kappa shape index (κ2) is 12.3. The highest BCUT2D eigenvalue weighted by Gasteiger charge is 2.50. The molecule has 6 aliphatic rings. The second-order valence-corrected chi connectivity index (χ2v) is 17.0. The monoisotopic (exact) mass is 804 g/mol. The van der Waals surface area contributed by atoms with Gasteiger partial charge in [0.1, 0.15) is 46.0 Å². The number of anilines is 6. The Morgan fingerprint density at radius 1 is 0.270 bits per heavy atom. The van der Waals surface area contributed by atoms with Crippen LogP contribution in [0.1, 0.15) is 0 Å². The molecule has 15 rings (SSSR count). The van der Waals surface area contributed by atoms with E-state index in [2.05, 4.69) is 174 Å². The predicted molar refractivity (Wildman–Crippen MR) is 256 cm³/mol. The van der Waals surface area contributed by atoms with Gasteiger partial charge in [-0.3, -0.25) is 0 Å². The molecular formula is C54H31B3N2O4. The van der Waals surface area contributed by atoms with E-state index in [1.165, 1.54) is 16.4 Å². The van der Waals surface area contributed by atoms with Gasteiger partial charge in [-0.1, -0.05) is 115 Å². The molecule has 6 aliphatic heterocycles. The van der Waals surface area contributed by atoms with Crippen LogP contribution in [0.3, 0.4) is 0 Å². The predicted octanol–water partition coefficient (Wildman–Crippen LogP) is 7.22. The fourth-order valence-corrected chi connectivity index (χ4v) is 11.4. The second-order valence-electron chi connectivity index (χ2n) is 17.0. The summed E-state index contributed by atoms with van der Waals surface area (Å²) in [6.45, 7) is -0.297. The number of rotatable bonds is 2. The van der Waals surface area contributed by atoms with E-state index < -0.39 is 0 Å². The first-order chi connectivity index (χ1) is 31.3. The lowest BCUT2D eigenvalue weighted by atomic mass is 9.31. The molecule has 0 N–H and O–H groups in total. The number of fused-ring (bicyclic) bond motifs is 14. The fourth-order valence-electron chi connectivity index (χ4n) is 11.4. The summed E-state index contributed by atoms with van der Waals surface area (Å²) in [6.07, 6.45) is 0. The number of ether oxygens (including phenoxy) is 4. The minimum absolute atomic E-state index is 0.0690. The summed E-state index contributed by atoms with van der Waals surface area (Å²) in [5.74, 6) is 6.78. The zero-order valence-corrected chi connectivity index (χ0v) is 33.7. The van der Waals surface area contributed by atoms with E-state index in [0.717, 1.165) is 113 Å². The summed E-state index contributed by atoms with van der Waals surface area (Å²) < 4.78 is 27.6. The van der Waals surface area contributed by atoms with Crippen LogP contribution in [-0.2, 0) is 0 Å². The van der Waals surface area contributed by atoms with Crippen LogP contribution in [0.4, 0.5) is 34.1 Å². The summed E-state index contributed by atoms with van der Waals surface area (Å²) >= 11 is 0. The van der Waals surface area contributed by atoms with Gasteiger partial charge in [-0.15, -0.1) is 0 Å². The van der Waals surface area contributed by atoms with Crippen LogP contribution < -0.4 is 77.9 Å². The van der Waals surface area contributed by atoms with Crippen molar-refractivity contribution in [2.45, 2.75) is 0 Å². The van der Waals surface area contributed by atoms with Crippen molar-refractivity contribution in [2.75, 3.05) is 9.80 Å². The Labute approximate surface area is 364 Å². The van der Waals surface area contributed by atoms with Gasteiger partial charge in [0.05, 0.1) is 11.4 Å². The van der Waals surface area contributed by atoms with Crippen molar-refractivity contribution in [3.05, 3.63) is 188 Å². The average molecular weight is 804 g/mol. The molecule has 9 aromatic carbocycles. The van der Waals surface area contributed by atoms with E-state index in [1.807, 2.05) is 24.3 Å². The maximum absolute atomic E-state index is 7.26. The molecule has 0 aliphatic carbocycles.